The second-order valence-corrected chi connectivity index (χ2v) is 6.04. The molecule has 25 heavy (non-hydrogen) atoms. The summed E-state index contributed by atoms with van der Waals surface area (Å²) in [5.41, 5.74) is 7.07. The molecule has 0 unspecified atom stereocenters. The molecule has 4 rings (SSSR count). The average Bonchev–Trinajstić information content (AvgIpc) is 3.10. The molecule has 0 saturated heterocycles. The monoisotopic (exact) mass is 323 g/mol. The third kappa shape index (κ3) is 2.79. The maximum atomic E-state index is 9.17. The normalized spacial score (nSPS) is 10.7. The van der Waals surface area contributed by atoms with Crippen LogP contribution in [0.2, 0.25) is 0 Å². The van der Waals surface area contributed by atoms with E-state index >= 15 is 0 Å². The van der Waals surface area contributed by atoms with Crippen molar-refractivity contribution in [1.29, 1.82) is 5.26 Å². The van der Waals surface area contributed by atoms with Gasteiger partial charge in [0.15, 0.2) is 0 Å². The van der Waals surface area contributed by atoms with E-state index in [2.05, 4.69) is 53.3 Å². The largest absolute Gasteiger partial charge is 0.358 e. The van der Waals surface area contributed by atoms with E-state index in [1.807, 2.05) is 30.3 Å². The first kappa shape index (κ1) is 15.2. The lowest BCUT2D eigenvalue weighted by Crippen LogP contribution is -1.89. The van der Waals surface area contributed by atoms with Gasteiger partial charge < -0.3 is 4.98 Å². The Labute approximate surface area is 146 Å². The summed E-state index contributed by atoms with van der Waals surface area (Å²) in [6.45, 7) is 2.15. The van der Waals surface area contributed by atoms with Crippen LogP contribution in [0.4, 0.5) is 0 Å². The first-order chi connectivity index (χ1) is 12.3. The maximum Gasteiger partial charge on any atom is 0.0991 e. The Morgan fingerprint density at radius 2 is 1.92 bits per heavy atom. The first-order valence-corrected chi connectivity index (χ1v) is 8.36. The topological polar surface area (TPSA) is 52.5 Å². The molecule has 0 aliphatic carbocycles. The highest BCUT2D eigenvalue weighted by atomic mass is 14.7. The third-order valence-corrected chi connectivity index (χ3v) is 4.44. The van der Waals surface area contributed by atoms with Gasteiger partial charge in [-0.1, -0.05) is 31.2 Å². The smallest absolute Gasteiger partial charge is 0.0991 e. The molecule has 2 aromatic carbocycles. The number of aryl methyl sites for hydroxylation is 1. The van der Waals surface area contributed by atoms with Gasteiger partial charge in [0, 0.05) is 33.9 Å². The molecule has 3 heteroatoms. The molecule has 120 valence electrons. The summed E-state index contributed by atoms with van der Waals surface area (Å²) in [4.78, 5) is 8.02. The zero-order valence-corrected chi connectivity index (χ0v) is 14.0. The van der Waals surface area contributed by atoms with Gasteiger partial charge in [-0.3, -0.25) is 4.98 Å². The van der Waals surface area contributed by atoms with E-state index in [0.717, 1.165) is 34.3 Å². The summed E-state index contributed by atoms with van der Waals surface area (Å²) >= 11 is 0. The maximum absolute atomic E-state index is 9.17. The van der Waals surface area contributed by atoms with Gasteiger partial charge in [-0.25, -0.2) is 0 Å². The molecule has 0 aliphatic rings. The molecule has 0 bridgehead atoms. The van der Waals surface area contributed by atoms with E-state index in [0.29, 0.717) is 5.56 Å². The lowest BCUT2D eigenvalue weighted by atomic mass is 9.97. The fourth-order valence-corrected chi connectivity index (χ4v) is 3.16. The van der Waals surface area contributed by atoms with Gasteiger partial charge in [-0.05, 0) is 48.4 Å². The molecule has 0 radical (unpaired) electrons. The number of aromatic nitrogens is 2. The third-order valence-electron chi connectivity index (χ3n) is 4.44. The van der Waals surface area contributed by atoms with Crippen molar-refractivity contribution in [2.75, 3.05) is 0 Å². The first-order valence-electron chi connectivity index (χ1n) is 8.36. The SMILES string of the molecule is CCc1cc2cc(-c3cccnc3-c3cccc(C#N)c3)ccc2[nH]1. The number of nitriles is 1. The number of benzene rings is 2. The van der Waals surface area contributed by atoms with Crippen LogP contribution in [-0.4, -0.2) is 9.97 Å². The van der Waals surface area contributed by atoms with Crippen molar-refractivity contribution in [1.82, 2.24) is 9.97 Å². The molecular formula is C22H17N3. The molecule has 0 saturated carbocycles. The van der Waals surface area contributed by atoms with Crippen LogP contribution in [0, 0.1) is 11.3 Å². The summed E-state index contributed by atoms with van der Waals surface area (Å²) in [7, 11) is 0. The molecule has 0 atom stereocenters. The Hall–Kier alpha value is -3.38. The van der Waals surface area contributed by atoms with Crippen molar-refractivity contribution in [3.63, 3.8) is 0 Å². The highest BCUT2D eigenvalue weighted by molar-refractivity contribution is 5.89. The van der Waals surface area contributed by atoms with Gasteiger partial charge in [-0.2, -0.15) is 5.26 Å². The van der Waals surface area contributed by atoms with Crippen LogP contribution in [0.5, 0.6) is 0 Å². The van der Waals surface area contributed by atoms with Crippen molar-refractivity contribution in [2.24, 2.45) is 0 Å². The highest BCUT2D eigenvalue weighted by Gasteiger charge is 2.10. The van der Waals surface area contributed by atoms with Gasteiger partial charge in [0.25, 0.3) is 0 Å². The minimum absolute atomic E-state index is 0.641. The van der Waals surface area contributed by atoms with Crippen molar-refractivity contribution >= 4 is 10.9 Å². The molecule has 0 spiro atoms. The van der Waals surface area contributed by atoms with E-state index in [-0.39, 0.29) is 0 Å². The number of rotatable bonds is 3. The molecule has 0 aliphatic heterocycles. The van der Waals surface area contributed by atoms with Crippen LogP contribution < -0.4 is 0 Å². The van der Waals surface area contributed by atoms with Gasteiger partial charge >= 0.3 is 0 Å². The van der Waals surface area contributed by atoms with E-state index < -0.39 is 0 Å². The second kappa shape index (κ2) is 6.26. The minimum atomic E-state index is 0.641. The number of nitrogens with one attached hydrogen (secondary N) is 1. The average molecular weight is 323 g/mol. The second-order valence-electron chi connectivity index (χ2n) is 6.04. The molecule has 0 fully saturated rings. The predicted molar refractivity (Wildman–Crippen MR) is 101 cm³/mol. The summed E-state index contributed by atoms with van der Waals surface area (Å²) in [5.74, 6) is 0. The van der Waals surface area contributed by atoms with E-state index in [1.165, 1.54) is 11.1 Å². The van der Waals surface area contributed by atoms with Crippen LogP contribution in [0.15, 0.2) is 66.9 Å². The summed E-state index contributed by atoms with van der Waals surface area (Å²) in [5, 5.41) is 10.4. The van der Waals surface area contributed by atoms with Crippen molar-refractivity contribution in [3.8, 4) is 28.5 Å². The van der Waals surface area contributed by atoms with E-state index in [4.69, 9.17) is 5.26 Å². The fraction of sp³-hybridized carbons (Fsp3) is 0.0909. The minimum Gasteiger partial charge on any atom is -0.358 e. The Balaban J connectivity index is 1.87. The molecule has 4 aromatic rings. The molecule has 0 amide bonds. The number of aromatic amines is 1. The predicted octanol–water partition coefficient (Wildman–Crippen LogP) is 5.33. The molecular weight excluding hydrogens is 306 g/mol. The Bertz CT molecular complexity index is 1100. The van der Waals surface area contributed by atoms with Crippen LogP contribution in [-0.2, 0) is 6.42 Å². The van der Waals surface area contributed by atoms with Crippen molar-refractivity contribution in [2.45, 2.75) is 13.3 Å². The number of fused-ring (bicyclic) bond motifs is 1. The Morgan fingerprint density at radius 1 is 1.00 bits per heavy atom. The van der Waals surface area contributed by atoms with Crippen LogP contribution in [0.1, 0.15) is 18.2 Å². The lowest BCUT2D eigenvalue weighted by Gasteiger charge is -2.09. The number of hydrogen-bond acceptors (Lipinski definition) is 2. The van der Waals surface area contributed by atoms with Gasteiger partial charge in [0.1, 0.15) is 0 Å². The standard InChI is InChI=1S/C22H17N3/c1-2-19-13-18-12-16(8-9-21(18)25-19)20-7-4-10-24-22(20)17-6-3-5-15(11-17)14-23/h3-13,25H,2H2,1H3. The zero-order valence-electron chi connectivity index (χ0n) is 14.0. The Kier molecular flexibility index (Phi) is 3.80. The summed E-state index contributed by atoms with van der Waals surface area (Å²) in [6.07, 6.45) is 2.78. The zero-order chi connectivity index (χ0) is 17.2. The van der Waals surface area contributed by atoms with E-state index in [1.54, 1.807) is 6.20 Å². The van der Waals surface area contributed by atoms with Crippen LogP contribution >= 0.6 is 0 Å². The summed E-state index contributed by atoms with van der Waals surface area (Å²) in [6, 6.07) is 22.4. The lowest BCUT2D eigenvalue weighted by molar-refractivity contribution is 1.07. The molecule has 2 aromatic heterocycles. The number of H-pyrrole nitrogens is 1. The highest BCUT2D eigenvalue weighted by Crippen LogP contribution is 2.32. The summed E-state index contributed by atoms with van der Waals surface area (Å²) < 4.78 is 0. The molecule has 3 nitrogen and oxygen atoms in total. The van der Waals surface area contributed by atoms with E-state index in [9.17, 15) is 0 Å². The van der Waals surface area contributed by atoms with Gasteiger partial charge in [0.2, 0.25) is 0 Å². The number of pyridine rings is 1. The Morgan fingerprint density at radius 3 is 2.76 bits per heavy atom. The fourth-order valence-electron chi connectivity index (χ4n) is 3.16. The van der Waals surface area contributed by atoms with Gasteiger partial charge in [-0.15, -0.1) is 0 Å². The van der Waals surface area contributed by atoms with Crippen molar-refractivity contribution < 1.29 is 0 Å². The number of hydrogen-bond donors (Lipinski definition) is 1. The quantitative estimate of drug-likeness (QED) is 0.554. The van der Waals surface area contributed by atoms with Crippen molar-refractivity contribution in [3.05, 3.63) is 78.1 Å². The molecule has 2 heterocycles. The van der Waals surface area contributed by atoms with Crippen LogP contribution in [0.25, 0.3) is 33.3 Å². The molecule has 1 N–H and O–H groups in total. The van der Waals surface area contributed by atoms with Gasteiger partial charge in [0.05, 0.1) is 17.3 Å². The van der Waals surface area contributed by atoms with Crippen LogP contribution in [0.3, 0.4) is 0 Å². The number of nitrogens with zero attached hydrogens (tertiary/aromatic N) is 2.